The van der Waals surface area contributed by atoms with Crippen molar-refractivity contribution in [2.24, 2.45) is 20.0 Å². The molecule has 0 aliphatic carbocycles. The van der Waals surface area contributed by atoms with Gasteiger partial charge < -0.3 is 0 Å². The summed E-state index contributed by atoms with van der Waals surface area (Å²) >= 11 is 0. The molecule has 0 saturated carbocycles. The van der Waals surface area contributed by atoms with Crippen LogP contribution in [0.2, 0.25) is 0 Å². The summed E-state index contributed by atoms with van der Waals surface area (Å²) in [4.78, 5) is 24.5. The van der Waals surface area contributed by atoms with Gasteiger partial charge in [-0.2, -0.15) is 0 Å². The molecule has 8 bridgehead atoms. The van der Waals surface area contributed by atoms with Crippen LogP contribution in [-0.2, 0) is 0 Å². The second-order valence-corrected chi connectivity index (χ2v) is 12.1. The van der Waals surface area contributed by atoms with Crippen LogP contribution in [0.15, 0.2) is 212 Å². The molecule has 4 aromatic rings. The van der Waals surface area contributed by atoms with Crippen LogP contribution >= 0.6 is 0 Å². The Balaban J connectivity index is 1.45. The van der Waals surface area contributed by atoms with Gasteiger partial charge in [0.15, 0.2) is 10.7 Å². The van der Waals surface area contributed by atoms with Crippen molar-refractivity contribution in [2.45, 2.75) is 0 Å². The van der Waals surface area contributed by atoms with E-state index in [1.54, 1.807) is 0 Å². The van der Waals surface area contributed by atoms with Crippen molar-refractivity contribution in [3.8, 4) is 0 Å². The number of rotatable bonds is 4. The van der Waals surface area contributed by atoms with Crippen molar-refractivity contribution in [1.29, 1.82) is 5.39 Å². The van der Waals surface area contributed by atoms with Crippen LogP contribution in [0.25, 0.3) is 27.3 Å². The summed E-state index contributed by atoms with van der Waals surface area (Å²) in [6, 6.07) is 40.9. The van der Waals surface area contributed by atoms with Crippen LogP contribution < -0.4 is 0 Å². The molecule has 0 radical (unpaired) electrons. The van der Waals surface area contributed by atoms with Gasteiger partial charge in [0.1, 0.15) is 5.57 Å². The Morgan fingerprint density at radius 1 is 0.420 bits per heavy atom. The first-order valence-electron chi connectivity index (χ1n) is 16.4. The maximum atomic E-state index is 10.7. The van der Waals surface area contributed by atoms with E-state index in [0.29, 0.717) is 28.4 Å². The highest BCUT2D eigenvalue weighted by Crippen LogP contribution is 2.47. The van der Waals surface area contributed by atoms with Crippen molar-refractivity contribution in [3.05, 3.63) is 220 Å². The molecule has 50 heavy (non-hydrogen) atoms. The molecule has 0 N–H and O–H groups in total. The van der Waals surface area contributed by atoms with E-state index in [0.717, 1.165) is 67.5 Å². The van der Waals surface area contributed by atoms with E-state index in [2.05, 4.69) is 71.7 Å². The molecule has 0 unspecified atom stereocenters. The Bertz CT molecular complexity index is 2530. The summed E-state index contributed by atoms with van der Waals surface area (Å²) < 4.78 is 0. The van der Waals surface area contributed by atoms with Crippen LogP contribution in [0, 0.1) is 5.39 Å². The molecular weight excluding hydrogens is 613 g/mol. The summed E-state index contributed by atoms with van der Waals surface area (Å²) in [6.45, 7) is 0. The number of benzene rings is 4. The lowest BCUT2D eigenvalue weighted by Gasteiger charge is -2.17. The standard InChI is InChI=1S/C44H27N6/c45-50-42-37-27-35-24-22-33(47-35)25-32-21-23-34(46-32)26-36-38(28-13-5-1-6-14-28)39(29-15-7-2-8-16-29)43(48-36)41(31-19-11-4-12-20-31)44(49-37)40(42)30-17-9-3-10-18-30/h1-27H/q+1. The largest absolute Gasteiger partial charge is 0.420 e. The first-order chi connectivity index (χ1) is 24.7. The van der Waals surface area contributed by atoms with Gasteiger partial charge in [0, 0.05) is 16.7 Å². The van der Waals surface area contributed by atoms with Crippen molar-refractivity contribution in [1.82, 2.24) is 0 Å². The second-order valence-electron chi connectivity index (χ2n) is 12.1. The molecular formula is C44H27N6+. The number of allylic oxidation sites excluding steroid dienone is 11. The molecule has 5 heterocycles. The smallest absolute Gasteiger partial charge is 0.249 e. The van der Waals surface area contributed by atoms with E-state index in [4.69, 9.17) is 20.0 Å². The molecule has 0 fully saturated rings. The fraction of sp³-hybridized carbons (Fsp3) is 0. The lowest BCUT2D eigenvalue weighted by Crippen LogP contribution is -2.07. The number of fused-ring (bicyclic) bond motifs is 4. The molecule has 0 saturated heterocycles. The molecule has 5 aliphatic rings. The minimum absolute atomic E-state index is 0.363. The lowest BCUT2D eigenvalue weighted by atomic mass is 9.85. The summed E-state index contributed by atoms with van der Waals surface area (Å²) in [5, 5.41) is 10.7. The van der Waals surface area contributed by atoms with Gasteiger partial charge >= 0.3 is 5.70 Å². The van der Waals surface area contributed by atoms with Crippen molar-refractivity contribution < 1.29 is 0 Å². The minimum Gasteiger partial charge on any atom is -0.249 e. The van der Waals surface area contributed by atoms with Crippen LogP contribution in [0.4, 0.5) is 0 Å². The molecule has 6 nitrogen and oxygen atoms in total. The van der Waals surface area contributed by atoms with E-state index in [9.17, 15) is 5.39 Å². The van der Waals surface area contributed by atoms with E-state index in [1.165, 1.54) is 0 Å². The topological polar surface area (TPSA) is 77.6 Å². The lowest BCUT2D eigenvalue weighted by molar-refractivity contribution is 1.41. The molecule has 5 aliphatic heterocycles. The number of hydrogen-bond donors (Lipinski definition) is 0. The SMILES string of the molecule is N#[N+]C1=C(c2ccccc2)C2=C(c3ccccc3)C3=NC(=CC4=NC(=CC5=NC(=CC1=N2)C=C5)C=C4)C(c1ccccc1)=C3c1ccccc1. The van der Waals surface area contributed by atoms with E-state index in [-0.39, 0.29) is 0 Å². The minimum atomic E-state index is 0.363. The first kappa shape index (κ1) is 29.1. The molecule has 9 rings (SSSR count). The highest BCUT2D eigenvalue weighted by molar-refractivity contribution is 6.52. The van der Waals surface area contributed by atoms with E-state index >= 15 is 0 Å². The Morgan fingerprint density at radius 2 is 0.900 bits per heavy atom. The van der Waals surface area contributed by atoms with Crippen LogP contribution in [0.3, 0.4) is 0 Å². The Labute approximate surface area is 289 Å². The zero-order valence-corrected chi connectivity index (χ0v) is 26.8. The molecule has 0 amide bonds. The van der Waals surface area contributed by atoms with Gasteiger partial charge in [-0.1, -0.05) is 121 Å². The van der Waals surface area contributed by atoms with Crippen molar-refractivity contribution >= 4 is 45.1 Å². The average Bonchev–Trinajstić information content (AvgIpc) is 3.96. The van der Waals surface area contributed by atoms with Gasteiger partial charge in [-0.15, -0.1) is 0 Å². The molecule has 4 aromatic carbocycles. The van der Waals surface area contributed by atoms with Gasteiger partial charge in [0.05, 0.1) is 39.9 Å². The third kappa shape index (κ3) is 5.11. The second kappa shape index (κ2) is 12.2. The van der Waals surface area contributed by atoms with Gasteiger partial charge in [0.25, 0.3) is 0 Å². The zero-order chi connectivity index (χ0) is 33.4. The van der Waals surface area contributed by atoms with Crippen LogP contribution in [0.1, 0.15) is 22.3 Å². The highest BCUT2D eigenvalue weighted by Gasteiger charge is 2.39. The molecule has 0 spiro atoms. The number of hydrogen-bond acceptors (Lipinski definition) is 5. The predicted octanol–water partition coefficient (Wildman–Crippen LogP) is 9.87. The summed E-state index contributed by atoms with van der Waals surface area (Å²) in [7, 11) is 0. The van der Waals surface area contributed by atoms with Gasteiger partial charge in [0.2, 0.25) is 5.39 Å². The molecule has 0 aromatic heterocycles. The Kier molecular flexibility index (Phi) is 7.07. The average molecular weight is 640 g/mol. The van der Waals surface area contributed by atoms with Crippen LogP contribution in [0.5, 0.6) is 0 Å². The molecule has 6 heteroatoms. The third-order valence-electron chi connectivity index (χ3n) is 8.98. The Morgan fingerprint density at radius 3 is 1.46 bits per heavy atom. The normalized spacial score (nSPS) is 17.6. The number of nitrogens with zero attached hydrogens (tertiary/aromatic N) is 6. The summed E-state index contributed by atoms with van der Waals surface area (Å²) in [5.74, 6) is 0. The predicted molar refractivity (Wildman–Crippen MR) is 204 cm³/mol. The van der Waals surface area contributed by atoms with E-state index in [1.807, 2.05) is 97.1 Å². The third-order valence-corrected chi connectivity index (χ3v) is 8.98. The van der Waals surface area contributed by atoms with E-state index < -0.39 is 0 Å². The van der Waals surface area contributed by atoms with Crippen LogP contribution in [-0.4, -0.2) is 22.8 Å². The fourth-order valence-corrected chi connectivity index (χ4v) is 6.81. The summed E-state index contributed by atoms with van der Waals surface area (Å²) in [6.07, 6.45) is 13.8. The van der Waals surface area contributed by atoms with Crippen molar-refractivity contribution in [3.63, 3.8) is 0 Å². The van der Waals surface area contributed by atoms with Gasteiger partial charge in [-0.25, -0.2) is 20.0 Å². The monoisotopic (exact) mass is 639 g/mol. The van der Waals surface area contributed by atoms with Crippen molar-refractivity contribution in [2.75, 3.05) is 0 Å². The van der Waals surface area contributed by atoms with Gasteiger partial charge in [-0.3, -0.25) is 0 Å². The number of aliphatic imine (C=N–C) groups is 4. The maximum Gasteiger partial charge on any atom is 0.420 e. The number of diazo groups is 1. The fourth-order valence-electron chi connectivity index (χ4n) is 6.81. The first-order valence-corrected chi connectivity index (χ1v) is 16.4. The Hall–Kier alpha value is -7.10. The maximum absolute atomic E-state index is 10.7. The summed E-state index contributed by atoms with van der Waals surface area (Å²) in [5.41, 5.74) is 13.5. The molecule has 232 valence electrons. The quantitative estimate of drug-likeness (QED) is 0.205. The molecule has 0 atom stereocenters. The van der Waals surface area contributed by atoms with Gasteiger partial charge in [-0.05, 0) is 64.8 Å². The zero-order valence-electron chi connectivity index (χ0n) is 26.8. The highest BCUT2D eigenvalue weighted by atomic mass is 15.0.